The fourth-order valence-electron chi connectivity index (χ4n) is 2.56. The summed E-state index contributed by atoms with van der Waals surface area (Å²) in [5, 5.41) is 12.1. The zero-order valence-corrected chi connectivity index (χ0v) is 12.0. The second kappa shape index (κ2) is 7.41. The molecule has 4 nitrogen and oxygen atoms in total. The van der Waals surface area contributed by atoms with E-state index in [-0.39, 0.29) is 18.6 Å². The molecule has 1 aliphatic heterocycles. The van der Waals surface area contributed by atoms with Gasteiger partial charge >= 0.3 is 0 Å². The molecule has 1 aromatic rings. The lowest BCUT2D eigenvalue weighted by atomic mass is 10.1. The highest BCUT2D eigenvalue weighted by atomic mass is 16.5. The van der Waals surface area contributed by atoms with E-state index in [0.29, 0.717) is 19.1 Å². The zero-order valence-electron chi connectivity index (χ0n) is 12.0. The van der Waals surface area contributed by atoms with E-state index in [1.54, 1.807) is 0 Å². The van der Waals surface area contributed by atoms with Crippen LogP contribution in [0.15, 0.2) is 24.3 Å². The zero-order chi connectivity index (χ0) is 14.4. The number of aliphatic hydroxyl groups is 1. The first-order valence-electron chi connectivity index (χ1n) is 7.29. The predicted molar refractivity (Wildman–Crippen MR) is 77.0 cm³/mol. The van der Waals surface area contributed by atoms with Gasteiger partial charge in [-0.1, -0.05) is 24.3 Å². The average molecular weight is 277 g/mol. The third-order valence-corrected chi connectivity index (χ3v) is 3.78. The molecule has 2 rings (SSSR count). The number of benzene rings is 1. The molecule has 1 aliphatic rings. The molecule has 2 atom stereocenters. The van der Waals surface area contributed by atoms with Crippen molar-refractivity contribution in [1.29, 1.82) is 0 Å². The Bertz CT molecular complexity index is 447. The quantitative estimate of drug-likeness (QED) is 0.837. The van der Waals surface area contributed by atoms with Gasteiger partial charge in [0.2, 0.25) is 5.91 Å². The summed E-state index contributed by atoms with van der Waals surface area (Å²) in [7, 11) is 0. The van der Waals surface area contributed by atoms with Gasteiger partial charge in [0, 0.05) is 13.0 Å². The second-order valence-electron chi connectivity index (χ2n) is 5.39. The molecule has 1 fully saturated rings. The van der Waals surface area contributed by atoms with Crippen LogP contribution in [-0.2, 0) is 22.7 Å². The van der Waals surface area contributed by atoms with Gasteiger partial charge in [-0.3, -0.25) is 4.79 Å². The summed E-state index contributed by atoms with van der Waals surface area (Å²) < 4.78 is 5.70. The van der Waals surface area contributed by atoms with Gasteiger partial charge < -0.3 is 15.2 Å². The van der Waals surface area contributed by atoms with E-state index < -0.39 is 0 Å². The van der Waals surface area contributed by atoms with E-state index in [4.69, 9.17) is 4.74 Å². The predicted octanol–water partition coefficient (Wildman–Crippen LogP) is 2.14. The molecule has 1 saturated heterocycles. The van der Waals surface area contributed by atoms with Crippen LogP contribution < -0.4 is 5.32 Å². The summed E-state index contributed by atoms with van der Waals surface area (Å²) in [4.78, 5) is 11.8. The van der Waals surface area contributed by atoms with Gasteiger partial charge in [0.25, 0.3) is 0 Å². The van der Waals surface area contributed by atoms with Crippen molar-refractivity contribution in [3.63, 3.8) is 0 Å². The van der Waals surface area contributed by atoms with Crippen molar-refractivity contribution in [1.82, 2.24) is 5.32 Å². The summed E-state index contributed by atoms with van der Waals surface area (Å²) in [6.07, 6.45) is 4.01. The number of carbonyl (C=O) groups is 1. The lowest BCUT2D eigenvalue weighted by molar-refractivity contribution is -0.122. The topological polar surface area (TPSA) is 58.6 Å². The maximum Gasteiger partial charge on any atom is 0.220 e. The third-order valence-electron chi connectivity index (χ3n) is 3.78. The van der Waals surface area contributed by atoms with Gasteiger partial charge in [-0.25, -0.2) is 0 Å². The Hall–Kier alpha value is -1.39. The van der Waals surface area contributed by atoms with Gasteiger partial charge in [0.1, 0.15) is 0 Å². The first-order valence-corrected chi connectivity index (χ1v) is 7.29. The normalized spacial score (nSPS) is 21.9. The van der Waals surface area contributed by atoms with Crippen molar-refractivity contribution in [2.45, 2.75) is 58.0 Å². The van der Waals surface area contributed by atoms with Gasteiger partial charge in [-0.2, -0.15) is 0 Å². The Morgan fingerprint density at radius 3 is 2.75 bits per heavy atom. The van der Waals surface area contributed by atoms with Crippen molar-refractivity contribution >= 4 is 5.91 Å². The van der Waals surface area contributed by atoms with E-state index in [1.807, 2.05) is 24.3 Å². The van der Waals surface area contributed by atoms with Crippen LogP contribution in [0.5, 0.6) is 0 Å². The number of ether oxygens (including phenoxy) is 1. The number of hydrogen-bond acceptors (Lipinski definition) is 3. The summed E-state index contributed by atoms with van der Waals surface area (Å²) in [5.41, 5.74) is 1.83. The molecular weight excluding hydrogens is 254 g/mol. The molecule has 1 heterocycles. The minimum absolute atomic E-state index is 0.000152. The fraction of sp³-hybridized carbons (Fsp3) is 0.562. The van der Waals surface area contributed by atoms with Crippen molar-refractivity contribution in [3.05, 3.63) is 35.4 Å². The number of nitrogens with one attached hydrogen (secondary N) is 1. The van der Waals surface area contributed by atoms with E-state index in [0.717, 1.165) is 30.4 Å². The fourth-order valence-corrected chi connectivity index (χ4v) is 2.56. The minimum atomic E-state index is -0.000152. The Morgan fingerprint density at radius 2 is 2.10 bits per heavy atom. The largest absolute Gasteiger partial charge is 0.392 e. The number of carbonyl (C=O) groups excluding carboxylic acids is 1. The van der Waals surface area contributed by atoms with Crippen LogP contribution in [0.2, 0.25) is 0 Å². The van der Waals surface area contributed by atoms with Crippen LogP contribution in [0, 0.1) is 0 Å². The lowest BCUT2D eigenvalue weighted by Gasteiger charge is -2.12. The molecule has 4 heteroatoms. The van der Waals surface area contributed by atoms with Crippen LogP contribution in [0.1, 0.15) is 43.7 Å². The maximum absolute atomic E-state index is 11.8. The lowest BCUT2D eigenvalue weighted by Crippen LogP contribution is -2.24. The highest BCUT2D eigenvalue weighted by molar-refractivity contribution is 5.75. The average Bonchev–Trinajstić information content (AvgIpc) is 2.89. The number of rotatable bonds is 6. The summed E-state index contributed by atoms with van der Waals surface area (Å²) in [5.74, 6) is 0.0425. The molecule has 0 radical (unpaired) electrons. The van der Waals surface area contributed by atoms with Crippen LogP contribution in [0.4, 0.5) is 0 Å². The van der Waals surface area contributed by atoms with Crippen molar-refractivity contribution in [2.75, 3.05) is 0 Å². The number of aliphatic hydroxyl groups excluding tert-OH is 1. The van der Waals surface area contributed by atoms with Gasteiger partial charge in [-0.15, -0.1) is 0 Å². The minimum Gasteiger partial charge on any atom is -0.392 e. The van der Waals surface area contributed by atoms with Gasteiger partial charge in [0.15, 0.2) is 0 Å². The standard InChI is InChI=1S/C16H23NO3/c1-12-6-7-15(20-12)8-9-16(19)17-10-13-4-2-3-5-14(13)11-18/h2-5,12,15,18H,6-11H2,1H3,(H,17,19). The molecule has 2 N–H and O–H groups in total. The Kier molecular flexibility index (Phi) is 5.56. The van der Waals surface area contributed by atoms with E-state index in [1.165, 1.54) is 0 Å². The molecule has 0 bridgehead atoms. The van der Waals surface area contributed by atoms with Crippen molar-refractivity contribution < 1.29 is 14.6 Å². The highest BCUT2D eigenvalue weighted by Gasteiger charge is 2.22. The van der Waals surface area contributed by atoms with Gasteiger partial charge in [-0.05, 0) is 37.3 Å². The van der Waals surface area contributed by atoms with E-state index in [9.17, 15) is 9.90 Å². The molecule has 1 aromatic carbocycles. The maximum atomic E-state index is 11.8. The first kappa shape index (κ1) is 15.0. The first-order chi connectivity index (χ1) is 9.69. The Labute approximate surface area is 120 Å². The molecular formula is C16H23NO3. The van der Waals surface area contributed by atoms with Gasteiger partial charge in [0.05, 0.1) is 18.8 Å². The third kappa shape index (κ3) is 4.32. The molecule has 1 amide bonds. The molecule has 2 unspecified atom stereocenters. The monoisotopic (exact) mass is 277 g/mol. The van der Waals surface area contributed by atoms with Crippen LogP contribution >= 0.6 is 0 Å². The summed E-state index contributed by atoms with van der Waals surface area (Å²) in [6, 6.07) is 7.59. The Morgan fingerprint density at radius 1 is 1.35 bits per heavy atom. The molecule has 0 aliphatic carbocycles. The second-order valence-corrected chi connectivity index (χ2v) is 5.39. The van der Waals surface area contributed by atoms with Crippen LogP contribution in [-0.4, -0.2) is 23.2 Å². The SMILES string of the molecule is CC1CCC(CCC(=O)NCc2ccccc2CO)O1. The molecule has 0 spiro atoms. The van der Waals surface area contributed by atoms with E-state index >= 15 is 0 Å². The highest BCUT2D eigenvalue weighted by Crippen LogP contribution is 2.22. The smallest absolute Gasteiger partial charge is 0.220 e. The number of amides is 1. The summed E-state index contributed by atoms with van der Waals surface area (Å²) in [6.45, 7) is 2.54. The molecule has 110 valence electrons. The van der Waals surface area contributed by atoms with E-state index in [2.05, 4.69) is 12.2 Å². The Balaban J connectivity index is 1.72. The van der Waals surface area contributed by atoms with Crippen LogP contribution in [0.25, 0.3) is 0 Å². The molecule has 0 saturated carbocycles. The van der Waals surface area contributed by atoms with Crippen molar-refractivity contribution in [3.8, 4) is 0 Å². The van der Waals surface area contributed by atoms with Crippen molar-refractivity contribution in [2.24, 2.45) is 0 Å². The molecule has 20 heavy (non-hydrogen) atoms. The summed E-state index contributed by atoms with van der Waals surface area (Å²) >= 11 is 0. The number of hydrogen-bond donors (Lipinski definition) is 2. The van der Waals surface area contributed by atoms with Crippen LogP contribution in [0.3, 0.4) is 0 Å². The molecule has 0 aromatic heterocycles.